The summed E-state index contributed by atoms with van der Waals surface area (Å²) in [6, 6.07) is 0. The normalized spacial score (nSPS) is 17.1. The fraction of sp³-hybridized carbons (Fsp3) is 0.769. The molecule has 0 spiro atoms. The molecule has 1 aliphatic carbocycles. The molecule has 2 N–H and O–H groups in total. The second kappa shape index (κ2) is 9.05. The molecule has 0 unspecified atom stereocenters. The largest absolute Gasteiger partial charge is 0.378 e. The van der Waals surface area contributed by atoms with E-state index in [0.29, 0.717) is 6.10 Å². The van der Waals surface area contributed by atoms with Gasteiger partial charge in [0.15, 0.2) is 5.96 Å². The molecule has 0 bridgehead atoms. The van der Waals surface area contributed by atoms with Crippen LogP contribution in [0.2, 0.25) is 0 Å². The molecular weight excluding hydrogens is 214 g/mol. The summed E-state index contributed by atoms with van der Waals surface area (Å²) in [5, 5.41) is 6.37. The van der Waals surface area contributed by atoms with Crippen molar-refractivity contribution in [1.82, 2.24) is 10.6 Å². The molecule has 1 fully saturated rings. The molecule has 0 aliphatic heterocycles. The van der Waals surface area contributed by atoms with Gasteiger partial charge >= 0.3 is 0 Å². The highest BCUT2D eigenvalue weighted by molar-refractivity contribution is 5.79. The van der Waals surface area contributed by atoms with E-state index in [1.807, 2.05) is 6.08 Å². The van der Waals surface area contributed by atoms with Crippen molar-refractivity contribution >= 4 is 5.96 Å². The first-order valence-electron chi connectivity index (χ1n) is 6.54. The first-order chi connectivity index (χ1) is 8.36. The van der Waals surface area contributed by atoms with Gasteiger partial charge in [-0.25, -0.2) is 0 Å². The number of hydrogen-bond donors (Lipinski definition) is 2. The Balaban J connectivity index is 1.96. The standard InChI is InChI=1S/C13H25N3O/c1-3-9-15-13(14-2)16-10-6-11-17-12-7-4-5-8-12/h3,12H,1,4-11H2,2H3,(H2,14,15,16). The van der Waals surface area contributed by atoms with Crippen LogP contribution in [0.1, 0.15) is 32.1 Å². The van der Waals surface area contributed by atoms with E-state index >= 15 is 0 Å². The van der Waals surface area contributed by atoms with Crippen LogP contribution in [0.5, 0.6) is 0 Å². The summed E-state index contributed by atoms with van der Waals surface area (Å²) in [6.07, 6.45) is 8.52. The number of nitrogens with one attached hydrogen (secondary N) is 2. The number of guanidine groups is 1. The highest BCUT2D eigenvalue weighted by Crippen LogP contribution is 2.20. The zero-order valence-corrected chi connectivity index (χ0v) is 10.9. The fourth-order valence-electron chi connectivity index (χ4n) is 1.97. The average molecular weight is 239 g/mol. The van der Waals surface area contributed by atoms with Crippen molar-refractivity contribution in [2.75, 3.05) is 26.7 Å². The van der Waals surface area contributed by atoms with Crippen LogP contribution in [0.4, 0.5) is 0 Å². The van der Waals surface area contributed by atoms with Gasteiger partial charge in [0, 0.05) is 26.7 Å². The number of hydrogen-bond acceptors (Lipinski definition) is 2. The van der Waals surface area contributed by atoms with Crippen molar-refractivity contribution < 1.29 is 4.74 Å². The van der Waals surface area contributed by atoms with Crippen LogP contribution < -0.4 is 10.6 Å². The van der Waals surface area contributed by atoms with E-state index < -0.39 is 0 Å². The Bertz CT molecular complexity index is 235. The van der Waals surface area contributed by atoms with Gasteiger partial charge in [-0.15, -0.1) is 6.58 Å². The lowest BCUT2D eigenvalue weighted by Crippen LogP contribution is -2.38. The Hall–Kier alpha value is -1.03. The van der Waals surface area contributed by atoms with Crippen LogP contribution in [-0.2, 0) is 4.74 Å². The van der Waals surface area contributed by atoms with Crippen LogP contribution in [-0.4, -0.2) is 38.8 Å². The molecule has 4 heteroatoms. The van der Waals surface area contributed by atoms with Crippen LogP contribution >= 0.6 is 0 Å². The third kappa shape index (κ3) is 6.31. The summed E-state index contributed by atoms with van der Waals surface area (Å²) in [7, 11) is 1.77. The minimum Gasteiger partial charge on any atom is -0.378 e. The van der Waals surface area contributed by atoms with Crippen LogP contribution in [0, 0.1) is 0 Å². The third-order valence-electron chi connectivity index (χ3n) is 2.91. The molecular formula is C13H25N3O. The van der Waals surface area contributed by atoms with Gasteiger partial charge < -0.3 is 15.4 Å². The number of rotatable bonds is 7. The van der Waals surface area contributed by atoms with Gasteiger partial charge in [-0.3, -0.25) is 4.99 Å². The fourth-order valence-corrected chi connectivity index (χ4v) is 1.97. The van der Waals surface area contributed by atoms with E-state index in [1.54, 1.807) is 7.05 Å². The SMILES string of the molecule is C=CCNC(=NC)NCCCOC1CCCC1. The molecule has 0 saturated heterocycles. The molecule has 1 rings (SSSR count). The number of nitrogens with zero attached hydrogens (tertiary/aromatic N) is 1. The molecule has 0 aromatic heterocycles. The van der Waals surface area contributed by atoms with E-state index in [4.69, 9.17) is 4.74 Å². The number of aliphatic imine (C=N–C) groups is 1. The molecule has 1 aliphatic rings. The van der Waals surface area contributed by atoms with E-state index in [-0.39, 0.29) is 0 Å². The predicted octanol–water partition coefficient (Wildman–Crippen LogP) is 1.69. The molecule has 0 aromatic rings. The quantitative estimate of drug-likeness (QED) is 0.307. The van der Waals surface area contributed by atoms with Crippen LogP contribution in [0.3, 0.4) is 0 Å². The number of ether oxygens (including phenoxy) is 1. The minimum atomic E-state index is 0.521. The summed E-state index contributed by atoms with van der Waals surface area (Å²) in [5.74, 6) is 0.825. The second-order valence-electron chi connectivity index (χ2n) is 4.30. The summed E-state index contributed by atoms with van der Waals surface area (Å²) < 4.78 is 5.78. The first kappa shape index (κ1) is 14.0. The van der Waals surface area contributed by atoms with Gasteiger partial charge in [0.2, 0.25) is 0 Å². The van der Waals surface area contributed by atoms with Gasteiger partial charge in [-0.1, -0.05) is 18.9 Å². The lowest BCUT2D eigenvalue weighted by molar-refractivity contribution is 0.0574. The van der Waals surface area contributed by atoms with Crippen LogP contribution in [0.15, 0.2) is 17.6 Å². The predicted molar refractivity (Wildman–Crippen MR) is 72.4 cm³/mol. The van der Waals surface area contributed by atoms with Crippen LogP contribution in [0.25, 0.3) is 0 Å². The Morgan fingerprint density at radius 1 is 1.41 bits per heavy atom. The molecule has 0 amide bonds. The molecule has 0 heterocycles. The minimum absolute atomic E-state index is 0.521. The molecule has 1 saturated carbocycles. The summed E-state index contributed by atoms with van der Waals surface area (Å²) >= 11 is 0. The average Bonchev–Trinajstić information content (AvgIpc) is 2.85. The Labute approximate surface area is 105 Å². The third-order valence-corrected chi connectivity index (χ3v) is 2.91. The lowest BCUT2D eigenvalue weighted by atomic mass is 10.3. The summed E-state index contributed by atoms with van der Waals surface area (Å²) in [5.41, 5.74) is 0. The maximum atomic E-state index is 5.78. The molecule has 4 nitrogen and oxygen atoms in total. The first-order valence-corrected chi connectivity index (χ1v) is 6.54. The zero-order chi connectivity index (χ0) is 12.3. The van der Waals surface area contributed by atoms with Crippen molar-refractivity contribution in [2.24, 2.45) is 4.99 Å². The highest BCUT2D eigenvalue weighted by atomic mass is 16.5. The van der Waals surface area contributed by atoms with Crippen molar-refractivity contribution in [3.63, 3.8) is 0 Å². The summed E-state index contributed by atoms with van der Waals surface area (Å²) in [6.45, 7) is 6.13. The second-order valence-corrected chi connectivity index (χ2v) is 4.30. The van der Waals surface area contributed by atoms with Crippen molar-refractivity contribution in [2.45, 2.75) is 38.2 Å². The van der Waals surface area contributed by atoms with Gasteiger partial charge in [-0.05, 0) is 19.3 Å². The summed E-state index contributed by atoms with van der Waals surface area (Å²) in [4.78, 5) is 4.11. The van der Waals surface area contributed by atoms with Gasteiger partial charge in [-0.2, -0.15) is 0 Å². The molecule has 17 heavy (non-hydrogen) atoms. The maximum Gasteiger partial charge on any atom is 0.191 e. The molecule has 98 valence electrons. The van der Waals surface area contributed by atoms with Crippen molar-refractivity contribution in [1.29, 1.82) is 0 Å². The highest BCUT2D eigenvalue weighted by Gasteiger charge is 2.14. The van der Waals surface area contributed by atoms with Gasteiger partial charge in [0.25, 0.3) is 0 Å². The Morgan fingerprint density at radius 3 is 2.82 bits per heavy atom. The van der Waals surface area contributed by atoms with Crippen molar-refractivity contribution in [3.8, 4) is 0 Å². The van der Waals surface area contributed by atoms with Crippen molar-refractivity contribution in [3.05, 3.63) is 12.7 Å². The molecule has 0 aromatic carbocycles. The van der Waals surface area contributed by atoms with E-state index in [1.165, 1.54) is 25.7 Å². The van der Waals surface area contributed by atoms with E-state index in [9.17, 15) is 0 Å². The van der Waals surface area contributed by atoms with Gasteiger partial charge in [0.1, 0.15) is 0 Å². The molecule has 0 atom stereocenters. The Morgan fingerprint density at radius 2 is 2.18 bits per heavy atom. The van der Waals surface area contributed by atoms with Gasteiger partial charge in [0.05, 0.1) is 6.10 Å². The zero-order valence-electron chi connectivity index (χ0n) is 10.9. The molecule has 0 radical (unpaired) electrons. The monoisotopic (exact) mass is 239 g/mol. The maximum absolute atomic E-state index is 5.78. The Kier molecular flexibility index (Phi) is 7.47. The van der Waals surface area contributed by atoms with E-state index in [2.05, 4.69) is 22.2 Å². The topological polar surface area (TPSA) is 45.7 Å². The lowest BCUT2D eigenvalue weighted by Gasteiger charge is -2.12. The van der Waals surface area contributed by atoms with E-state index in [0.717, 1.165) is 32.1 Å². The smallest absolute Gasteiger partial charge is 0.191 e.